The first-order valence-corrected chi connectivity index (χ1v) is 12.4. The number of unbranched alkanes of at least 4 members (excludes halogenated alkanes) is 1. The smallest absolute Gasteiger partial charge is 0.0414 e. The predicted octanol–water partition coefficient (Wildman–Crippen LogP) is 8.07. The van der Waals surface area contributed by atoms with E-state index in [9.17, 15) is 0 Å². The second-order valence-electron chi connectivity index (χ2n) is 9.23. The number of benzene rings is 4. The molecule has 0 aliphatic rings. The van der Waals surface area contributed by atoms with Crippen molar-refractivity contribution < 1.29 is 0 Å². The predicted molar refractivity (Wildman–Crippen MR) is 146 cm³/mol. The molecule has 0 fully saturated rings. The number of aryl methyl sites for hydroxylation is 3. The number of para-hydroxylation sites is 1. The van der Waals surface area contributed by atoms with Gasteiger partial charge in [0.2, 0.25) is 0 Å². The quantitative estimate of drug-likeness (QED) is 0.233. The van der Waals surface area contributed by atoms with Crippen LogP contribution in [-0.2, 0) is 19.5 Å². The molecule has 0 amide bonds. The van der Waals surface area contributed by atoms with E-state index < -0.39 is 0 Å². The topological polar surface area (TPSA) is 15.3 Å². The first-order valence-electron chi connectivity index (χ1n) is 12.4. The molecule has 4 aromatic carbocycles. The number of nitrogens with zero attached hydrogens (tertiary/aromatic N) is 1. The first-order chi connectivity index (χ1) is 16.7. The van der Waals surface area contributed by atoms with Crippen molar-refractivity contribution in [2.75, 3.05) is 11.9 Å². The van der Waals surface area contributed by atoms with Gasteiger partial charge in [-0.25, -0.2) is 0 Å². The molecule has 34 heavy (non-hydrogen) atoms. The van der Waals surface area contributed by atoms with Crippen LogP contribution in [-0.4, -0.2) is 11.4 Å². The van der Waals surface area contributed by atoms with E-state index in [-0.39, 0.29) is 0 Å². The highest BCUT2D eigenvalue weighted by Crippen LogP contribution is 2.24. The molecule has 0 heterocycles. The largest absolute Gasteiger partial charge is 0.355 e. The fraction of sp³-hybridized carbons (Fsp3) is 0.250. The molecule has 0 spiro atoms. The molecular weight excluding hydrogens is 412 g/mol. The zero-order valence-corrected chi connectivity index (χ0v) is 20.5. The molecule has 0 bridgehead atoms. The summed E-state index contributed by atoms with van der Waals surface area (Å²) in [5.74, 6) is 0. The lowest BCUT2D eigenvalue weighted by Gasteiger charge is -2.23. The van der Waals surface area contributed by atoms with Crippen LogP contribution in [0.25, 0.3) is 0 Å². The van der Waals surface area contributed by atoms with Crippen LogP contribution in [0.4, 0.5) is 11.4 Å². The van der Waals surface area contributed by atoms with Crippen LogP contribution in [0.1, 0.15) is 40.7 Å². The van der Waals surface area contributed by atoms with Crippen molar-refractivity contribution in [1.29, 1.82) is 0 Å². The molecule has 0 saturated carbocycles. The fourth-order valence-electron chi connectivity index (χ4n) is 4.44. The van der Waals surface area contributed by atoms with Crippen molar-refractivity contribution in [1.82, 2.24) is 4.90 Å². The third kappa shape index (κ3) is 7.07. The zero-order valence-electron chi connectivity index (χ0n) is 20.5. The summed E-state index contributed by atoms with van der Waals surface area (Å²) in [6.45, 7) is 7.44. The SMILES string of the molecule is Cc1ccccc1Nc1ccc(CCCCN(Cc2ccccc2)Cc2ccccc2)cc1C. The monoisotopic (exact) mass is 448 g/mol. The van der Waals surface area contributed by atoms with E-state index in [0.717, 1.165) is 26.1 Å². The molecule has 0 aromatic heterocycles. The Labute approximate surface area is 205 Å². The summed E-state index contributed by atoms with van der Waals surface area (Å²) >= 11 is 0. The second kappa shape index (κ2) is 12.2. The van der Waals surface area contributed by atoms with Gasteiger partial charge in [0.25, 0.3) is 0 Å². The third-order valence-corrected chi connectivity index (χ3v) is 6.39. The average molecular weight is 449 g/mol. The van der Waals surface area contributed by atoms with Gasteiger partial charge in [0.05, 0.1) is 0 Å². The van der Waals surface area contributed by atoms with Crippen LogP contribution < -0.4 is 5.32 Å². The molecule has 0 unspecified atom stereocenters. The number of anilines is 2. The van der Waals surface area contributed by atoms with E-state index in [1.807, 2.05) is 0 Å². The summed E-state index contributed by atoms with van der Waals surface area (Å²) in [4.78, 5) is 2.57. The molecular formula is C32H36N2. The Hall–Kier alpha value is -3.36. The first kappa shape index (κ1) is 23.8. The van der Waals surface area contributed by atoms with Crippen molar-refractivity contribution in [3.8, 4) is 0 Å². The Balaban J connectivity index is 1.31. The Kier molecular flexibility index (Phi) is 8.54. The summed E-state index contributed by atoms with van der Waals surface area (Å²) < 4.78 is 0. The van der Waals surface area contributed by atoms with Gasteiger partial charge in [0.15, 0.2) is 0 Å². The number of hydrogen-bond donors (Lipinski definition) is 1. The van der Waals surface area contributed by atoms with Gasteiger partial charge >= 0.3 is 0 Å². The van der Waals surface area contributed by atoms with Gasteiger partial charge in [-0.15, -0.1) is 0 Å². The molecule has 0 aliphatic heterocycles. The van der Waals surface area contributed by atoms with E-state index in [1.54, 1.807) is 0 Å². The number of rotatable bonds is 11. The van der Waals surface area contributed by atoms with E-state index in [4.69, 9.17) is 0 Å². The lowest BCUT2D eigenvalue weighted by atomic mass is 10.0. The fourth-order valence-corrected chi connectivity index (χ4v) is 4.44. The van der Waals surface area contributed by atoms with Crippen LogP contribution in [0.3, 0.4) is 0 Å². The average Bonchev–Trinajstić information content (AvgIpc) is 2.86. The van der Waals surface area contributed by atoms with Gasteiger partial charge < -0.3 is 5.32 Å². The van der Waals surface area contributed by atoms with Gasteiger partial charge in [0.1, 0.15) is 0 Å². The molecule has 0 aliphatic carbocycles. The Morgan fingerprint density at radius 1 is 0.559 bits per heavy atom. The van der Waals surface area contributed by atoms with Gasteiger partial charge in [-0.3, -0.25) is 4.90 Å². The zero-order chi connectivity index (χ0) is 23.6. The van der Waals surface area contributed by atoms with Gasteiger partial charge in [-0.1, -0.05) is 91.0 Å². The van der Waals surface area contributed by atoms with Crippen LogP contribution in [0.2, 0.25) is 0 Å². The van der Waals surface area contributed by atoms with Crippen LogP contribution in [0.5, 0.6) is 0 Å². The molecule has 174 valence electrons. The minimum absolute atomic E-state index is 0.994. The van der Waals surface area contributed by atoms with Crippen molar-refractivity contribution in [2.45, 2.75) is 46.2 Å². The normalized spacial score (nSPS) is 11.0. The lowest BCUT2D eigenvalue weighted by Crippen LogP contribution is -2.24. The summed E-state index contributed by atoms with van der Waals surface area (Å²) in [6.07, 6.45) is 3.52. The Bertz CT molecular complexity index is 1110. The molecule has 0 radical (unpaired) electrons. The van der Waals surface area contributed by atoms with E-state index >= 15 is 0 Å². The Morgan fingerprint density at radius 2 is 1.15 bits per heavy atom. The molecule has 1 N–H and O–H groups in total. The highest BCUT2D eigenvalue weighted by atomic mass is 15.1. The molecule has 4 rings (SSSR count). The molecule has 0 saturated heterocycles. The third-order valence-electron chi connectivity index (χ3n) is 6.39. The van der Waals surface area contributed by atoms with Crippen LogP contribution in [0.15, 0.2) is 103 Å². The molecule has 2 nitrogen and oxygen atoms in total. The van der Waals surface area contributed by atoms with Crippen LogP contribution in [0, 0.1) is 13.8 Å². The summed E-state index contributed by atoms with van der Waals surface area (Å²) in [5.41, 5.74) is 9.12. The summed E-state index contributed by atoms with van der Waals surface area (Å²) in [5, 5.41) is 3.59. The molecule has 0 atom stereocenters. The van der Waals surface area contributed by atoms with Crippen LogP contribution >= 0.6 is 0 Å². The summed E-state index contributed by atoms with van der Waals surface area (Å²) in [7, 11) is 0. The maximum Gasteiger partial charge on any atom is 0.0414 e. The molecule has 4 aromatic rings. The maximum atomic E-state index is 3.59. The van der Waals surface area contributed by atoms with E-state index in [2.05, 4.69) is 127 Å². The standard InChI is InChI=1S/C32H36N2/c1-26-13-9-10-19-31(26)33-32-21-20-28(23-27(32)2)14-11-12-22-34(24-29-15-5-3-6-16-29)25-30-17-7-4-8-18-30/h3-10,13,15-21,23,33H,11-12,14,22,24-25H2,1-2H3. The second-order valence-corrected chi connectivity index (χ2v) is 9.23. The minimum atomic E-state index is 0.994. The Morgan fingerprint density at radius 3 is 1.76 bits per heavy atom. The summed E-state index contributed by atoms with van der Waals surface area (Å²) in [6, 6.07) is 36.9. The van der Waals surface area contributed by atoms with Crippen molar-refractivity contribution >= 4 is 11.4 Å². The highest BCUT2D eigenvalue weighted by molar-refractivity contribution is 5.65. The minimum Gasteiger partial charge on any atom is -0.355 e. The van der Waals surface area contributed by atoms with Gasteiger partial charge in [-0.05, 0) is 79.6 Å². The van der Waals surface area contributed by atoms with Gasteiger partial charge in [-0.2, -0.15) is 0 Å². The van der Waals surface area contributed by atoms with E-state index in [1.165, 1.54) is 52.0 Å². The van der Waals surface area contributed by atoms with Crippen molar-refractivity contribution in [3.63, 3.8) is 0 Å². The maximum absolute atomic E-state index is 3.59. The highest BCUT2D eigenvalue weighted by Gasteiger charge is 2.08. The van der Waals surface area contributed by atoms with Crippen molar-refractivity contribution in [2.24, 2.45) is 0 Å². The number of hydrogen-bond acceptors (Lipinski definition) is 2. The van der Waals surface area contributed by atoms with E-state index in [0.29, 0.717) is 0 Å². The lowest BCUT2D eigenvalue weighted by molar-refractivity contribution is 0.251. The van der Waals surface area contributed by atoms with Gasteiger partial charge in [0, 0.05) is 24.5 Å². The van der Waals surface area contributed by atoms with Crippen molar-refractivity contribution in [3.05, 3.63) is 131 Å². The number of nitrogens with one attached hydrogen (secondary N) is 1. The molecule has 2 heteroatoms.